The van der Waals surface area contributed by atoms with Crippen molar-refractivity contribution in [2.24, 2.45) is 0 Å². The van der Waals surface area contributed by atoms with E-state index in [-0.39, 0.29) is 12.3 Å². The Morgan fingerprint density at radius 2 is 1.95 bits per heavy atom. The largest absolute Gasteiger partial charge is 0.497 e. The number of hydrogen-bond donors (Lipinski definition) is 2. The summed E-state index contributed by atoms with van der Waals surface area (Å²) in [5.74, 6) is -0.0743. The minimum Gasteiger partial charge on any atom is -0.497 e. The van der Waals surface area contributed by atoms with Crippen molar-refractivity contribution in [3.63, 3.8) is 0 Å². The molecule has 1 saturated carbocycles. The average Bonchev–Trinajstić information content (AvgIpc) is 2.45. The maximum absolute atomic E-state index is 12.0. The molecule has 2 N–H and O–H groups in total. The van der Waals surface area contributed by atoms with Crippen molar-refractivity contribution >= 4 is 11.9 Å². The molecule has 1 aromatic rings. The van der Waals surface area contributed by atoms with Crippen LogP contribution in [-0.4, -0.2) is 29.6 Å². The molecule has 0 heterocycles. The zero-order valence-electron chi connectivity index (χ0n) is 12.9. The molecule has 5 heteroatoms. The topological polar surface area (TPSA) is 75.6 Å². The number of benzene rings is 1. The molecule has 2 rings (SSSR count). The lowest BCUT2D eigenvalue weighted by Crippen LogP contribution is -2.54. The van der Waals surface area contributed by atoms with Crippen LogP contribution < -0.4 is 10.1 Å². The van der Waals surface area contributed by atoms with Crippen molar-refractivity contribution < 1.29 is 19.4 Å². The number of carbonyl (C=O) groups is 2. The summed E-state index contributed by atoms with van der Waals surface area (Å²) >= 11 is 0. The summed E-state index contributed by atoms with van der Waals surface area (Å²) in [6.45, 7) is 0. The fourth-order valence-corrected chi connectivity index (χ4v) is 2.84. The maximum Gasteiger partial charge on any atom is 0.305 e. The number of rotatable bonds is 8. The molecule has 0 unspecified atom stereocenters. The Kier molecular flexibility index (Phi) is 5.41. The second-order valence-electron chi connectivity index (χ2n) is 5.95. The predicted molar refractivity (Wildman–Crippen MR) is 82.9 cm³/mol. The summed E-state index contributed by atoms with van der Waals surface area (Å²) in [5, 5.41) is 11.9. The Balaban J connectivity index is 1.74. The van der Waals surface area contributed by atoms with Crippen molar-refractivity contribution in [1.29, 1.82) is 0 Å². The van der Waals surface area contributed by atoms with Crippen molar-refractivity contribution in [2.75, 3.05) is 7.11 Å². The van der Waals surface area contributed by atoms with Gasteiger partial charge in [0.25, 0.3) is 0 Å². The first-order chi connectivity index (χ1) is 10.5. The number of hydrogen-bond acceptors (Lipinski definition) is 3. The molecule has 0 aliphatic heterocycles. The number of methoxy groups -OCH3 is 1. The van der Waals surface area contributed by atoms with Gasteiger partial charge in [-0.2, -0.15) is 0 Å². The summed E-state index contributed by atoms with van der Waals surface area (Å²) in [7, 11) is 1.63. The molecule has 5 nitrogen and oxygen atoms in total. The zero-order valence-corrected chi connectivity index (χ0v) is 12.9. The summed E-state index contributed by atoms with van der Waals surface area (Å²) in [6, 6.07) is 7.81. The minimum absolute atomic E-state index is 0.0250. The van der Waals surface area contributed by atoms with Crippen LogP contribution in [0.15, 0.2) is 24.3 Å². The normalized spacial score (nSPS) is 15.7. The highest BCUT2D eigenvalue weighted by Crippen LogP contribution is 2.35. The number of amides is 1. The first kappa shape index (κ1) is 16.3. The third-order valence-electron chi connectivity index (χ3n) is 4.23. The van der Waals surface area contributed by atoms with E-state index >= 15 is 0 Å². The van der Waals surface area contributed by atoms with Gasteiger partial charge in [0.2, 0.25) is 5.91 Å². The van der Waals surface area contributed by atoms with Gasteiger partial charge in [-0.25, -0.2) is 0 Å². The first-order valence-electron chi connectivity index (χ1n) is 7.69. The van der Waals surface area contributed by atoms with E-state index < -0.39 is 11.5 Å². The Hall–Kier alpha value is -2.04. The summed E-state index contributed by atoms with van der Waals surface area (Å²) < 4.78 is 5.11. The highest BCUT2D eigenvalue weighted by Gasteiger charge is 2.40. The van der Waals surface area contributed by atoms with E-state index in [1.54, 1.807) is 7.11 Å². The molecule has 1 amide bonds. The van der Waals surface area contributed by atoms with E-state index in [0.717, 1.165) is 43.4 Å². The number of carboxylic acid groups (broad SMARTS) is 1. The standard InChI is InChI=1S/C17H23NO4/c1-22-14-8-6-13(7-9-14)4-2-5-15(19)18-17(10-3-11-17)12-16(20)21/h6-9H,2-5,10-12H2,1H3,(H,18,19)(H,20,21). The third kappa shape index (κ3) is 4.48. The van der Waals surface area contributed by atoms with Crippen molar-refractivity contribution in [3.05, 3.63) is 29.8 Å². The van der Waals surface area contributed by atoms with Gasteiger partial charge in [0.05, 0.1) is 19.1 Å². The van der Waals surface area contributed by atoms with Crippen LogP contribution in [0, 0.1) is 0 Å². The smallest absolute Gasteiger partial charge is 0.305 e. The molecule has 0 bridgehead atoms. The molecule has 120 valence electrons. The molecule has 0 saturated heterocycles. The SMILES string of the molecule is COc1ccc(CCCC(=O)NC2(CC(=O)O)CCC2)cc1. The van der Waals surface area contributed by atoms with Crippen molar-refractivity contribution in [1.82, 2.24) is 5.32 Å². The Morgan fingerprint density at radius 1 is 1.27 bits per heavy atom. The Bertz CT molecular complexity index is 520. The molecule has 1 aliphatic carbocycles. The van der Waals surface area contributed by atoms with Crippen LogP contribution in [0.25, 0.3) is 0 Å². The van der Waals surface area contributed by atoms with Crippen molar-refractivity contribution in [3.8, 4) is 5.75 Å². The van der Waals surface area contributed by atoms with Crippen LogP contribution in [0.2, 0.25) is 0 Å². The van der Waals surface area contributed by atoms with Gasteiger partial charge in [0.15, 0.2) is 0 Å². The monoisotopic (exact) mass is 305 g/mol. The summed E-state index contributed by atoms with van der Waals surface area (Å²) in [6.07, 6.45) is 4.54. The fraction of sp³-hybridized carbons (Fsp3) is 0.529. The molecule has 1 fully saturated rings. The number of aryl methyl sites for hydroxylation is 1. The number of nitrogens with one attached hydrogen (secondary N) is 1. The van der Waals surface area contributed by atoms with Gasteiger partial charge in [-0.15, -0.1) is 0 Å². The van der Waals surface area contributed by atoms with Gasteiger partial charge >= 0.3 is 5.97 Å². The van der Waals surface area contributed by atoms with Gasteiger partial charge in [0, 0.05) is 6.42 Å². The lowest BCUT2D eigenvalue weighted by Gasteiger charge is -2.41. The molecular formula is C17H23NO4. The maximum atomic E-state index is 12.0. The van der Waals surface area contributed by atoms with Gasteiger partial charge in [-0.05, 0) is 49.8 Å². The molecular weight excluding hydrogens is 282 g/mol. The molecule has 0 radical (unpaired) electrons. The molecule has 0 aromatic heterocycles. The van der Waals surface area contributed by atoms with Crippen LogP contribution >= 0.6 is 0 Å². The van der Waals surface area contributed by atoms with E-state index in [2.05, 4.69) is 5.32 Å². The molecule has 0 spiro atoms. The molecule has 1 aromatic carbocycles. The minimum atomic E-state index is -0.849. The molecule has 1 aliphatic rings. The number of ether oxygens (including phenoxy) is 1. The number of aliphatic carboxylic acids is 1. The summed E-state index contributed by atoms with van der Waals surface area (Å²) in [5.41, 5.74) is 0.667. The van der Waals surface area contributed by atoms with E-state index in [1.165, 1.54) is 0 Å². The second-order valence-corrected chi connectivity index (χ2v) is 5.95. The predicted octanol–water partition coefficient (Wildman–Crippen LogP) is 2.53. The first-order valence-corrected chi connectivity index (χ1v) is 7.69. The van der Waals surface area contributed by atoms with Crippen LogP contribution in [-0.2, 0) is 16.0 Å². The summed E-state index contributed by atoms with van der Waals surface area (Å²) in [4.78, 5) is 22.9. The number of carboxylic acids is 1. The van der Waals surface area contributed by atoms with Gasteiger partial charge in [-0.1, -0.05) is 12.1 Å². The highest BCUT2D eigenvalue weighted by molar-refractivity contribution is 5.78. The Labute approximate surface area is 130 Å². The van der Waals surface area contributed by atoms with E-state index in [9.17, 15) is 9.59 Å². The second kappa shape index (κ2) is 7.29. The fourth-order valence-electron chi connectivity index (χ4n) is 2.84. The average molecular weight is 305 g/mol. The van der Waals surface area contributed by atoms with Crippen LogP contribution in [0.1, 0.15) is 44.1 Å². The lowest BCUT2D eigenvalue weighted by molar-refractivity contribution is -0.140. The lowest BCUT2D eigenvalue weighted by atomic mass is 9.74. The third-order valence-corrected chi connectivity index (χ3v) is 4.23. The van der Waals surface area contributed by atoms with Crippen LogP contribution in [0.5, 0.6) is 5.75 Å². The van der Waals surface area contributed by atoms with Crippen molar-refractivity contribution in [2.45, 2.75) is 50.5 Å². The van der Waals surface area contributed by atoms with E-state index in [0.29, 0.717) is 6.42 Å². The van der Waals surface area contributed by atoms with Gasteiger partial charge in [-0.3, -0.25) is 9.59 Å². The highest BCUT2D eigenvalue weighted by atomic mass is 16.5. The zero-order chi connectivity index (χ0) is 16.0. The van der Waals surface area contributed by atoms with Gasteiger partial charge in [0.1, 0.15) is 5.75 Å². The Morgan fingerprint density at radius 3 is 2.45 bits per heavy atom. The van der Waals surface area contributed by atoms with Gasteiger partial charge < -0.3 is 15.2 Å². The van der Waals surface area contributed by atoms with E-state index in [4.69, 9.17) is 9.84 Å². The van der Waals surface area contributed by atoms with Crippen LogP contribution in [0.4, 0.5) is 0 Å². The van der Waals surface area contributed by atoms with Crippen LogP contribution in [0.3, 0.4) is 0 Å². The quantitative estimate of drug-likeness (QED) is 0.774. The molecule has 22 heavy (non-hydrogen) atoms. The number of carbonyl (C=O) groups excluding carboxylic acids is 1. The van der Waals surface area contributed by atoms with E-state index in [1.807, 2.05) is 24.3 Å². The molecule has 0 atom stereocenters.